The van der Waals surface area contributed by atoms with Crippen LogP contribution in [0.2, 0.25) is 0 Å². The number of allylic oxidation sites excluding steroid dienone is 2. The minimum atomic E-state index is -0.255. The van der Waals surface area contributed by atoms with Crippen molar-refractivity contribution in [3.8, 4) is 0 Å². The number of carbonyl (C=O) groups is 2. The Labute approximate surface area is 91.3 Å². The third kappa shape index (κ3) is 1.37. The van der Waals surface area contributed by atoms with Crippen molar-refractivity contribution in [2.24, 2.45) is 5.73 Å². The molecule has 0 saturated carbocycles. The number of ketones is 2. The number of rotatable bonds is 1. The van der Waals surface area contributed by atoms with Crippen LogP contribution in [0.15, 0.2) is 34.9 Å². The number of Topliss-reactive ketones (excluding diaryl/α,β-unsaturated/α-hetero) is 2. The Morgan fingerprint density at radius 1 is 1.07 bits per heavy atom. The van der Waals surface area contributed by atoms with Crippen molar-refractivity contribution in [3.63, 3.8) is 0 Å². The molecule has 4 heteroatoms. The monoisotopic (exact) mass is 219 g/mol. The van der Waals surface area contributed by atoms with Crippen LogP contribution in [-0.4, -0.2) is 17.8 Å². The molecule has 1 aliphatic carbocycles. The molecule has 0 radical (unpaired) electrons. The van der Waals surface area contributed by atoms with Crippen LogP contribution < -0.4 is 5.73 Å². The zero-order valence-electron chi connectivity index (χ0n) is 8.11. The van der Waals surface area contributed by atoms with Crippen LogP contribution in [0, 0.1) is 0 Å². The van der Waals surface area contributed by atoms with Gasteiger partial charge < -0.3 is 5.73 Å². The van der Waals surface area contributed by atoms with Crippen molar-refractivity contribution >= 4 is 23.3 Å². The predicted octanol–water partition coefficient (Wildman–Crippen LogP) is 1.60. The number of thioether (sulfide) groups is 1. The summed E-state index contributed by atoms with van der Waals surface area (Å²) >= 11 is 1.21. The first kappa shape index (κ1) is 9.98. The highest BCUT2D eigenvalue weighted by Gasteiger charge is 2.29. The van der Waals surface area contributed by atoms with Crippen LogP contribution in [0.5, 0.6) is 0 Å². The molecule has 2 N–H and O–H groups in total. The molecule has 0 spiro atoms. The first-order chi connectivity index (χ1) is 7.16. The van der Waals surface area contributed by atoms with Gasteiger partial charge in [0.2, 0.25) is 11.6 Å². The van der Waals surface area contributed by atoms with Gasteiger partial charge in [0.15, 0.2) is 0 Å². The van der Waals surface area contributed by atoms with Gasteiger partial charge in [0.1, 0.15) is 0 Å². The van der Waals surface area contributed by atoms with E-state index in [0.29, 0.717) is 16.0 Å². The van der Waals surface area contributed by atoms with Crippen LogP contribution in [0.3, 0.4) is 0 Å². The maximum atomic E-state index is 11.9. The lowest BCUT2D eigenvalue weighted by atomic mass is 9.93. The zero-order chi connectivity index (χ0) is 11.0. The Bertz CT molecular complexity index is 491. The fourth-order valence-electron chi connectivity index (χ4n) is 1.57. The molecule has 0 atom stereocenters. The smallest absolute Gasteiger partial charge is 0.210 e. The predicted molar refractivity (Wildman–Crippen MR) is 59.8 cm³/mol. The SMILES string of the molecule is CSC1=C(N)C(=O)c2ccccc2C1=O. The number of nitrogens with two attached hydrogens (primary N) is 1. The summed E-state index contributed by atoms with van der Waals surface area (Å²) in [5.74, 6) is -0.412. The van der Waals surface area contributed by atoms with E-state index in [4.69, 9.17) is 5.73 Å². The van der Waals surface area contributed by atoms with Crippen molar-refractivity contribution in [2.45, 2.75) is 0 Å². The molecule has 3 nitrogen and oxygen atoms in total. The molecule has 0 unspecified atom stereocenters. The first-order valence-corrected chi connectivity index (χ1v) is 5.61. The molecule has 0 bridgehead atoms. The summed E-state index contributed by atoms with van der Waals surface area (Å²) in [5, 5.41) is 0. The molecule has 1 aliphatic rings. The number of hydrogen-bond donors (Lipinski definition) is 1. The van der Waals surface area contributed by atoms with E-state index in [2.05, 4.69) is 0 Å². The summed E-state index contributed by atoms with van der Waals surface area (Å²) < 4.78 is 0. The van der Waals surface area contributed by atoms with Gasteiger partial charge in [0, 0.05) is 11.1 Å². The molecule has 0 saturated heterocycles. The maximum Gasteiger partial charge on any atom is 0.210 e. The van der Waals surface area contributed by atoms with Crippen LogP contribution in [-0.2, 0) is 0 Å². The summed E-state index contributed by atoms with van der Waals surface area (Å²) in [4.78, 5) is 24.0. The second-order valence-electron chi connectivity index (χ2n) is 3.15. The zero-order valence-corrected chi connectivity index (χ0v) is 8.93. The Morgan fingerprint density at radius 2 is 1.60 bits per heavy atom. The third-order valence-electron chi connectivity index (χ3n) is 2.32. The van der Waals surface area contributed by atoms with Crippen molar-refractivity contribution in [3.05, 3.63) is 46.0 Å². The van der Waals surface area contributed by atoms with Gasteiger partial charge in [-0.3, -0.25) is 9.59 Å². The van der Waals surface area contributed by atoms with E-state index in [9.17, 15) is 9.59 Å². The highest BCUT2D eigenvalue weighted by atomic mass is 32.2. The van der Waals surface area contributed by atoms with Crippen molar-refractivity contribution in [1.82, 2.24) is 0 Å². The molecule has 2 rings (SSSR count). The Balaban J connectivity index is 2.68. The van der Waals surface area contributed by atoms with E-state index in [1.54, 1.807) is 30.5 Å². The largest absolute Gasteiger partial charge is 0.395 e. The normalized spacial score (nSPS) is 15.5. The average molecular weight is 219 g/mol. The Morgan fingerprint density at radius 3 is 2.13 bits per heavy atom. The highest BCUT2D eigenvalue weighted by Crippen LogP contribution is 2.29. The van der Waals surface area contributed by atoms with Gasteiger partial charge in [-0.05, 0) is 6.26 Å². The second kappa shape index (κ2) is 3.55. The molecule has 0 aliphatic heterocycles. The Hall–Kier alpha value is -1.55. The van der Waals surface area contributed by atoms with Crippen LogP contribution in [0.4, 0.5) is 0 Å². The molecule has 0 amide bonds. The number of fused-ring (bicyclic) bond motifs is 1. The molecular weight excluding hydrogens is 210 g/mol. The maximum absolute atomic E-state index is 11.9. The van der Waals surface area contributed by atoms with Gasteiger partial charge in [-0.1, -0.05) is 24.3 Å². The third-order valence-corrected chi connectivity index (χ3v) is 3.13. The van der Waals surface area contributed by atoms with Crippen LogP contribution >= 0.6 is 11.8 Å². The van der Waals surface area contributed by atoms with Gasteiger partial charge in [0.05, 0.1) is 10.6 Å². The highest BCUT2D eigenvalue weighted by molar-refractivity contribution is 8.03. The van der Waals surface area contributed by atoms with Gasteiger partial charge in [-0.25, -0.2) is 0 Å². The van der Waals surface area contributed by atoms with Crippen molar-refractivity contribution in [2.75, 3.05) is 6.26 Å². The standard InChI is InChI=1S/C11H9NO2S/c1-15-11-8(12)9(13)6-4-2-3-5-7(6)10(11)14/h2-5H,12H2,1H3. The lowest BCUT2D eigenvalue weighted by molar-refractivity contribution is 0.0980. The fraction of sp³-hybridized carbons (Fsp3) is 0.0909. The van der Waals surface area contributed by atoms with E-state index in [1.165, 1.54) is 11.8 Å². The topological polar surface area (TPSA) is 60.2 Å². The van der Waals surface area contributed by atoms with Crippen molar-refractivity contribution < 1.29 is 9.59 Å². The Kier molecular flexibility index (Phi) is 2.36. The molecule has 0 heterocycles. The lowest BCUT2D eigenvalue weighted by Gasteiger charge is -2.16. The quantitative estimate of drug-likeness (QED) is 0.779. The van der Waals surface area contributed by atoms with Gasteiger partial charge in [-0.2, -0.15) is 0 Å². The minimum absolute atomic E-state index is 0.0613. The number of carbonyl (C=O) groups excluding carboxylic acids is 2. The van der Waals surface area contributed by atoms with Gasteiger partial charge >= 0.3 is 0 Å². The lowest BCUT2D eigenvalue weighted by Crippen LogP contribution is -2.25. The number of hydrogen-bond acceptors (Lipinski definition) is 4. The summed E-state index contributed by atoms with van der Waals surface area (Å²) in [6.45, 7) is 0. The van der Waals surface area contributed by atoms with E-state index in [-0.39, 0.29) is 17.3 Å². The van der Waals surface area contributed by atoms with Crippen molar-refractivity contribution in [1.29, 1.82) is 0 Å². The molecule has 15 heavy (non-hydrogen) atoms. The molecular formula is C11H9NO2S. The summed E-state index contributed by atoms with van der Waals surface area (Å²) in [6.07, 6.45) is 1.74. The molecule has 0 aromatic heterocycles. The van der Waals surface area contributed by atoms with Gasteiger partial charge in [0.25, 0.3) is 0 Å². The van der Waals surface area contributed by atoms with E-state index in [1.807, 2.05) is 0 Å². The van der Waals surface area contributed by atoms with E-state index in [0.717, 1.165) is 0 Å². The van der Waals surface area contributed by atoms with E-state index >= 15 is 0 Å². The van der Waals surface area contributed by atoms with E-state index < -0.39 is 0 Å². The number of benzene rings is 1. The summed E-state index contributed by atoms with van der Waals surface area (Å²) in [7, 11) is 0. The van der Waals surface area contributed by atoms with Gasteiger partial charge in [-0.15, -0.1) is 11.8 Å². The molecule has 1 aromatic rings. The average Bonchev–Trinajstić information content (AvgIpc) is 2.27. The molecule has 76 valence electrons. The minimum Gasteiger partial charge on any atom is -0.395 e. The first-order valence-electron chi connectivity index (χ1n) is 4.39. The fourth-order valence-corrected chi connectivity index (χ4v) is 2.18. The molecule has 0 fully saturated rings. The second-order valence-corrected chi connectivity index (χ2v) is 3.97. The summed E-state index contributed by atoms with van der Waals surface area (Å²) in [6, 6.07) is 6.74. The van der Waals surface area contributed by atoms with Crippen LogP contribution in [0.1, 0.15) is 20.7 Å². The van der Waals surface area contributed by atoms with Crippen LogP contribution in [0.25, 0.3) is 0 Å². The molecule has 1 aromatic carbocycles. The summed E-state index contributed by atoms with van der Waals surface area (Å²) in [5.41, 5.74) is 6.53.